The number of benzene rings is 1. The van der Waals surface area contributed by atoms with Gasteiger partial charge >= 0.3 is 0 Å². The number of amides is 1. The molecule has 1 N–H and O–H groups in total. The quantitative estimate of drug-likeness (QED) is 0.811. The number of fused-ring (bicyclic) bond motifs is 2. The molecule has 2 aliphatic rings. The normalized spacial score (nSPS) is 20.6. The van der Waals surface area contributed by atoms with Crippen LogP contribution in [0.5, 0.6) is 0 Å². The smallest absolute Gasteiger partial charge is 0.254 e. The van der Waals surface area contributed by atoms with Crippen molar-refractivity contribution in [3.8, 4) is 0 Å². The van der Waals surface area contributed by atoms with Gasteiger partial charge in [0, 0.05) is 12.0 Å². The predicted octanol–water partition coefficient (Wildman–Crippen LogP) is 3.11. The lowest BCUT2D eigenvalue weighted by Gasteiger charge is -2.46. The van der Waals surface area contributed by atoms with E-state index in [-0.39, 0.29) is 28.6 Å². The molecule has 0 radical (unpaired) electrons. The van der Waals surface area contributed by atoms with Crippen LogP contribution in [-0.2, 0) is 5.41 Å². The summed E-state index contributed by atoms with van der Waals surface area (Å²) in [6, 6.07) is 3.57. The Kier molecular flexibility index (Phi) is 2.47. The van der Waals surface area contributed by atoms with Gasteiger partial charge in [0.2, 0.25) is 0 Å². The van der Waals surface area contributed by atoms with Crippen molar-refractivity contribution in [1.29, 1.82) is 0 Å². The topological polar surface area (TPSA) is 29.1 Å². The van der Waals surface area contributed by atoms with Crippen molar-refractivity contribution in [1.82, 2.24) is 5.32 Å². The maximum atomic E-state index is 14.2. The highest BCUT2D eigenvalue weighted by Gasteiger charge is 2.45. The van der Waals surface area contributed by atoms with Crippen LogP contribution < -0.4 is 5.32 Å². The molecule has 3 rings (SSSR count). The van der Waals surface area contributed by atoms with Gasteiger partial charge in [-0.05, 0) is 36.0 Å². The van der Waals surface area contributed by atoms with E-state index in [4.69, 9.17) is 0 Å². The first-order valence-corrected chi connectivity index (χ1v) is 6.66. The fourth-order valence-corrected chi connectivity index (χ4v) is 3.09. The molecule has 1 saturated carbocycles. The molecule has 1 aliphatic carbocycles. The van der Waals surface area contributed by atoms with Crippen molar-refractivity contribution in [3.63, 3.8) is 0 Å². The highest BCUT2D eigenvalue weighted by atomic mass is 19.1. The van der Waals surface area contributed by atoms with E-state index in [1.54, 1.807) is 0 Å². The van der Waals surface area contributed by atoms with Gasteiger partial charge in [0.25, 0.3) is 5.91 Å². The first-order valence-electron chi connectivity index (χ1n) is 6.66. The second kappa shape index (κ2) is 3.81. The molecule has 3 heteroatoms. The SMILES string of the molecule is CC(C)c1cc(F)c2c(c1)C1(CCC1)CNC2=O. The van der Waals surface area contributed by atoms with Crippen LogP contribution >= 0.6 is 0 Å². The zero-order valence-electron chi connectivity index (χ0n) is 10.8. The van der Waals surface area contributed by atoms with E-state index in [1.165, 1.54) is 12.5 Å². The number of halogens is 1. The van der Waals surface area contributed by atoms with Crippen LogP contribution in [0.15, 0.2) is 12.1 Å². The van der Waals surface area contributed by atoms with Crippen molar-refractivity contribution in [2.75, 3.05) is 6.54 Å². The Bertz CT molecular complexity index is 517. The summed E-state index contributed by atoms with van der Waals surface area (Å²) in [7, 11) is 0. The van der Waals surface area contributed by atoms with E-state index < -0.39 is 0 Å². The monoisotopic (exact) mass is 247 g/mol. The predicted molar refractivity (Wildman–Crippen MR) is 68.4 cm³/mol. The van der Waals surface area contributed by atoms with Gasteiger partial charge in [-0.2, -0.15) is 0 Å². The lowest BCUT2D eigenvalue weighted by atomic mass is 9.61. The molecular weight excluding hydrogens is 229 g/mol. The minimum absolute atomic E-state index is 0.00891. The summed E-state index contributed by atoms with van der Waals surface area (Å²) in [4.78, 5) is 11.9. The van der Waals surface area contributed by atoms with Gasteiger partial charge in [0.15, 0.2) is 0 Å². The van der Waals surface area contributed by atoms with Crippen molar-refractivity contribution >= 4 is 5.91 Å². The lowest BCUT2D eigenvalue weighted by molar-refractivity contribution is 0.0890. The molecule has 1 heterocycles. The fraction of sp³-hybridized carbons (Fsp3) is 0.533. The number of carbonyl (C=O) groups is 1. The zero-order valence-corrected chi connectivity index (χ0v) is 10.8. The molecule has 0 bridgehead atoms. The summed E-state index contributed by atoms with van der Waals surface area (Å²) >= 11 is 0. The molecule has 1 aliphatic heterocycles. The van der Waals surface area contributed by atoms with Crippen LogP contribution in [0.3, 0.4) is 0 Å². The van der Waals surface area contributed by atoms with E-state index in [9.17, 15) is 9.18 Å². The molecule has 0 unspecified atom stereocenters. The third kappa shape index (κ3) is 1.49. The number of nitrogens with one attached hydrogen (secondary N) is 1. The zero-order chi connectivity index (χ0) is 12.9. The van der Waals surface area contributed by atoms with Crippen molar-refractivity contribution < 1.29 is 9.18 Å². The van der Waals surface area contributed by atoms with Crippen LogP contribution in [0.4, 0.5) is 4.39 Å². The van der Waals surface area contributed by atoms with Gasteiger partial charge in [-0.15, -0.1) is 0 Å². The summed E-state index contributed by atoms with van der Waals surface area (Å²) in [6.07, 6.45) is 3.28. The van der Waals surface area contributed by atoms with Gasteiger partial charge in [-0.25, -0.2) is 4.39 Å². The second-order valence-electron chi connectivity index (χ2n) is 5.90. The van der Waals surface area contributed by atoms with Crippen LogP contribution in [0.2, 0.25) is 0 Å². The number of carbonyl (C=O) groups excluding carboxylic acids is 1. The van der Waals surface area contributed by atoms with Gasteiger partial charge in [0.1, 0.15) is 5.82 Å². The molecule has 1 aromatic rings. The second-order valence-corrected chi connectivity index (χ2v) is 5.90. The van der Waals surface area contributed by atoms with E-state index in [1.807, 2.05) is 0 Å². The minimum Gasteiger partial charge on any atom is -0.351 e. The number of hydrogen-bond donors (Lipinski definition) is 1. The van der Waals surface area contributed by atoms with Crippen LogP contribution in [0.25, 0.3) is 0 Å². The highest BCUT2D eigenvalue weighted by Crippen LogP contribution is 2.47. The Morgan fingerprint density at radius 1 is 1.33 bits per heavy atom. The van der Waals surface area contributed by atoms with Crippen molar-refractivity contribution in [2.45, 2.75) is 44.4 Å². The largest absolute Gasteiger partial charge is 0.351 e. The molecule has 1 spiro atoms. The number of rotatable bonds is 1. The maximum Gasteiger partial charge on any atom is 0.254 e. The van der Waals surface area contributed by atoms with E-state index in [0.29, 0.717) is 6.54 Å². The highest BCUT2D eigenvalue weighted by molar-refractivity contribution is 5.98. The summed E-state index contributed by atoms with van der Waals surface area (Å²) in [5, 5.41) is 2.84. The number of hydrogen-bond acceptors (Lipinski definition) is 1. The third-order valence-electron chi connectivity index (χ3n) is 4.48. The van der Waals surface area contributed by atoms with Gasteiger partial charge < -0.3 is 5.32 Å². The maximum absolute atomic E-state index is 14.2. The molecular formula is C15H18FNO. The van der Waals surface area contributed by atoms with Crippen LogP contribution in [0.1, 0.15) is 60.5 Å². The molecule has 0 aromatic heterocycles. The lowest BCUT2D eigenvalue weighted by Crippen LogP contribution is -2.51. The summed E-state index contributed by atoms with van der Waals surface area (Å²) in [6.45, 7) is 4.77. The first-order chi connectivity index (χ1) is 8.53. The van der Waals surface area contributed by atoms with Crippen molar-refractivity contribution in [3.05, 3.63) is 34.6 Å². The minimum atomic E-state index is -0.361. The Morgan fingerprint density at radius 2 is 2.06 bits per heavy atom. The van der Waals surface area contributed by atoms with Gasteiger partial charge in [-0.1, -0.05) is 26.3 Å². The summed E-state index contributed by atoms with van der Waals surface area (Å²) < 4.78 is 14.2. The van der Waals surface area contributed by atoms with Crippen LogP contribution in [0, 0.1) is 5.82 Å². The molecule has 0 saturated heterocycles. The van der Waals surface area contributed by atoms with Gasteiger partial charge in [-0.3, -0.25) is 4.79 Å². The molecule has 1 aromatic carbocycles. The molecule has 18 heavy (non-hydrogen) atoms. The summed E-state index contributed by atoms with van der Waals surface area (Å²) in [5.41, 5.74) is 2.23. The average Bonchev–Trinajstić information content (AvgIpc) is 2.26. The van der Waals surface area contributed by atoms with E-state index in [2.05, 4.69) is 25.2 Å². The van der Waals surface area contributed by atoms with E-state index in [0.717, 1.165) is 24.0 Å². The molecule has 0 atom stereocenters. The van der Waals surface area contributed by atoms with Crippen molar-refractivity contribution in [2.24, 2.45) is 0 Å². The van der Waals surface area contributed by atoms with Crippen LogP contribution in [-0.4, -0.2) is 12.5 Å². The molecule has 2 nitrogen and oxygen atoms in total. The van der Waals surface area contributed by atoms with E-state index >= 15 is 0 Å². The Hall–Kier alpha value is -1.38. The Labute approximate surface area is 107 Å². The third-order valence-corrected chi connectivity index (χ3v) is 4.48. The average molecular weight is 247 g/mol. The molecule has 96 valence electrons. The van der Waals surface area contributed by atoms with Gasteiger partial charge in [0.05, 0.1) is 5.56 Å². The Balaban J connectivity index is 2.21. The molecule has 1 fully saturated rings. The fourth-order valence-electron chi connectivity index (χ4n) is 3.09. The Morgan fingerprint density at radius 3 is 2.61 bits per heavy atom. The summed E-state index contributed by atoms with van der Waals surface area (Å²) in [5.74, 6) is -0.332. The molecule has 1 amide bonds. The first kappa shape index (κ1) is 11.7. The standard InChI is InChI=1S/C15H18FNO/c1-9(2)10-6-11-13(12(16)7-10)14(18)17-8-15(11)4-3-5-15/h6-7,9H,3-5,8H2,1-2H3,(H,17,18).